The van der Waals surface area contributed by atoms with Crippen molar-refractivity contribution < 1.29 is 14.3 Å². The first-order chi connectivity index (χ1) is 12.1. The van der Waals surface area contributed by atoms with Crippen LogP contribution in [-0.4, -0.2) is 43.0 Å². The number of carbonyl (C=O) groups is 2. The maximum absolute atomic E-state index is 12.2. The summed E-state index contributed by atoms with van der Waals surface area (Å²) in [5.41, 5.74) is 0.589. The van der Waals surface area contributed by atoms with E-state index in [1.807, 2.05) is 55.5 Å². The van der Waals surface area contributed by atoms with E-state index in [4.69, 9.17) is 4.74 Å². The molecule has 0 fully saturated rings. The second kappa shape index (κ2) is 9.47. The molecule has 0 bridgehead atoms. The molecule has 0 heterocycles. The average molecular weight is 340 g/mol. The number of carbonyl (C=O) groups excluding carboxylic acids is 2. The molecular weight excluding hydrogens is 316 g/mol. The van der Waals surface area contributed by atoms with Gasteiger partial charge in [0.2, 0.25) is 5.91 Å². The van der Waals surface area contributed by atoms with Gasteiger partial charge in [-0.3, -0.25) is 9.59 Å². The van der Waals surface area contributed by atoms with E-state index in [9.17, 15) is 9.59 Å². The topological polar surface area (TPSA) is 58.6 Å². The Kier molecular flexibility index (Phi) is 7.01. The molecule has 1 atom stereocenters. The van der Waals surface area contributed by atoms with Gasteiger partial charge in [-0.2, -0.15) is 0 Å². The van der Waals surface area contributed by atoms with Crippen molar-refractivity contribution in [1.29, 1.82) is 0 Å². The Labute approximate surface area is 148 Å². The number of hydrogen-bond acceptors (Lipinski definition) is 3. The van der Waals surface area contributed by atoms with Crippen LogP contribution in [0, 0.1) is 0 Å². The molecule has 0 aliphatic heterocycles. The van der Waals surface area contributed by atoms with E-state index >= 15 is 0 Å². The van der Waals surface area contributed by atoms with E-state index in [1.54, 1.807) is 24.1 Å². The van der Waals surface area contributed by atoms with Crippen molar-refractivity contribution in [2.75, 3.05) is 20.2 Å². The summed E-state index contributed by atoms with van der Waals surface area (Å²) in [7, 11) is 1.74. The van der Waals surface area contributed by atoms with Crippen molar-refractivity contribution in [2.45, 2.75) is 19.4 Å². The number of benzene rings is 2. The number of likely N-dealkylation sites (N-methyl/N-ethyl adjacent to an activating group) is 1. The monoisotopic (exact) mass is 340 g/mol. The van der Waals surface area contributed by atoms with Gasteiger partial charge in [-0.25, -0.2) is 0 Å². The third-order valence-electron chi connectivity index (χ3n) is 3.76. The lowest BCUT2D eigenvalue weighted by Crippen LogP contribution is -2.39. The molecule has 2 amide bonds. The third-order valence-corrected chi connectivity index (χ3v) is 3.76. The number of para-hydroxylation sites is 1. The van der Waals surface area contributed by atoms with Crippen molar-refractivity contribution in [3.8, 4) is 5.75 Å². The SMILES string of the molecule is CC(CC(=O)N(C)CCOc1ccccc1)NC(=O)c1ccccc1. The first-order valence-electron chi connectivity index (χ1n) is 8.34. The predicted octanol–water partition coefficient (Wildman–Crippen LogP) is 2.73. The van der Waals surface area contributed by atoms with Crippen LogP contribution in [0.3, 0.4) is 0 Å². The number of nitrogens with one attached hydrogen (secondary N) is 1. The van der Waals surface area contributed by atoms with Gasteiger partial charge in [0.25, 0.3) is 5.91 Å². The molecular formula is C20H24N2O3. The van der Waals surface area contributed by atoms with Crippen LogP contribution in [0.2, 0.25) is 0 Å². The van der Waals surface area contributed by atoms with Crippen molar-refractivity contribution in [2.24, 2.45) is 0 Å². The van der Waals surface area contributed by atoms with E-state index < -0.39 is 0 Å². The molecule has 0 aromatic heterocycles. The molecule has 1 unspecified atom stereocenters. The minimum absolute atomic E-state index is 0.0301. The summed E-state index contributed by atoms with van der Waals surface area (Å²) in [6.45, 7) is 2.75. The van der Waals surface area contributed by atoms with E-state index in [0.717, 1.165) is 5.75 Å². The summed E-state index contributed by atoms with van der Waals surface area (Å²) in [6, 6.07) is 18.2. The first kappa shape index (κ1) is 18.5. The molecule has 132 valence electrons. The van der Waals surface area contributed by atoms with Crippen LogP contribution in [0.5, 0.6) is 5.75 Å². The van der Waals surface area contributed by atoms with Gasteiger partial charge >= 0.3 is 0 Å². The molecule has 2 rings (SSSR count). The standard InChI is InChI=1S/C20H24N2O3/c1-16(21-20(24)17-9-5-3-6-10-17)15-19(23)22(2)13-14-25-18-11-7-4-8-12-18/h3-12,16H,13-15H2,1-2H3,(H,21,24). The zero-order valence-electron chi connectivity index (χ0n) is 14.6. The lowest BCUT2D eigenvalue weighted by molar-refractivity contribution is -0.130. The summed E-state index contributed by atoms with van der Waals surface area (Å²) in [5, 5.41) is 2.85. The lowest BCUT2D eigenvalue weighted by Gasteiger charge is -2.20. The maximum Gasteiger partial charge on any atom is 0.251 e. The van der Waals surface area contributed by atoms with E-state index in [-0.39, 0.29) is 24.3 Å². The van der Waals surface area contributed by atoms with Crippen molar-refractivity contribution in [3.05, 3.63) is 66.2 Å². The number of ether oxygens (including phenoxy) is 1. The zero-order chi connectivity index (χ0) is 18.1. The van der Waals surface area contributed by atoms with Gasteiger partial charge in [-0.05, 0) is 31.2 Å². The first-order valence-corrected chi connectivity index (χ1v) is 8.34. The molecule has 2 aromatic rings. The Balaban J connectivity index is 1.71. The highest BCUT2D eigenvalue weighted by molar-refractivity contribution is 5.94. The maximum atomic E-state index is 12.2. The fourth-order valence-corrected chi connectivity index (χ4v) is 2.31. The Hall–Kier alpha value is -2.82. The molecule has 0 saturated carbocycles. The number of amides is 2. The van der Waals surface area contributed by atoms with Crippen LogP contribution in [0.25, 0.3) is 0 Å². The molecule has 0 spiro atoms. The fraction of sp³-hybridized carbons (Fsp3) is 0.300. The Bertz CT molecular complexity index is 674. The summed E-state index contributed by atoms with van der Waals surface area (Å²) >= 11 is 0. The smallest absolute Gasteiger partial charge is 0.251 e. The molecule has 1 N–H and O–H groups in total. The predicted molar refractivity (Wildman–Crippen MR) is 97.6 cm³/mol. The Morgan fingerprint density at radius 1 is 1.04 bits per heavy atom. The Morgan fingerprint density at radius 3 is 2.28 bits per heavy atom. The summed E-state index contributed by atoms with van der Waals surface area (Å²) in [6.07, 6.45) is 0.250. The van der Waals surface area contributed by atoms with Crippen LogP contribution in [-0.2, 0) is 4.79 Å². The molecule has 5 nitrogen and oxygen atoms in total. The highest BCUT2D eigenvalue weighted by Gasteiger charge is 2.16. The van der Waals surface area contributed by atoms with Gasteiger partial charge < -0.3 is 15.0 Å². The van der Waals surface area contributed by atoms with Crippen LogP contribution in [0.1, 0.15) is 23.7 Å². The van der Waals surface area contributed by atoms with Crippen LogP contribution in [0.15, 0.2) is 60.7 Å². The molecule has 0 aliphatic carbocycles. The highest BCUT2D eigenvalue weighted by atomic mass is 16.5. The number of hydrogen-bond donors (Lipinski definition) is 1. The second-order valence-electron chi connectivity index (χ2n) is 5.92. The summed E-state index contributed by atoms with van der Waals surface area (Å²) in [4.78, 5) is 25.9. The molecule has 25 heavy (non-hydrogen) atoms. The number of rotatable bonds is 8. The van der Waals surface area contributed by atoms with Gasteiger partial charge in [-0.1, -0.05) is 36.4 Å². The minimum Gasteiger partial charge on any atom is -0.492 e. The summed E-state index contributed by atoms with van der Waals surface area (Å²) < 4.78 is 5.59. The van der Waals surface area contributed by atoms with Crippen LogP contribution in [0.4, 0.5) is 0 Å². The average Bonchev–Trinajstić information content (AvgIpc) is 2.63. The van der Waals surface area contributed by atoms with E-state index in [1.165, 1.54) is 0 Å². The fourth-order valence-electron chi connectivity index (χ4n) is 2.31. The third kappa shape index (κ3) is 6.30. The minimum atomic E-state index is -0.238. The van der Waals surface area contributed by atoms with Crippen LogP contribution >= 0.6 is 0 Å². The molecule has 0 radical (unpaired) electrons. The largest absolute Gasteiger partial charge is 0.492 e. The Morgan fingerprint density at radius 2 is 1.64 bits per heavy atom. The van der Waals surface area contributed by atoms with Gasteiger partial charge in [0.15, 0.2) is 0 Å². The molecule has 0 saturated heterocycles. The number of nitrogens with zero attached hydrogens (tertiary/aromatic N) is 1. The van der Waals surface area contributed by atoms with Gasteiger partial charge in [0.1, 0.15) is 12.4 Å². The molecule has 5 heteroatoms. The second-order valence-corrected chi connectivity index (χ2v) is 5.92. The highest BCUT2D eigenvalue weighted by Crippen LogP contribution is 2.08. The lowest BCUT2D eigenvalue weighted by atomic mass is 10.1. The van der Waals surface area contributed by atoms with Crippen molar-refractivity contribution in [1.82, 2.24) is 10.2 Å². The molecule has 2 aromatic carbocycles. The quantitative estimate of drug-likeness (QED) is 0.804. The van der Waals surface area contributed by atoms with Crippen LogP contribution < -0.4 is 10.1 Å². The van der Waals surface area contributed by atoms with Gasteiger partial charge in [0.05, 0.1) is 6.54 Å². The normalized spacial score (nSPS) is 11.4. The van der Waals surface area contributed by atoms with Gasteiger partial charge in [-0.15, -0.1) is 0 Å². The zero-order valence-corrected chi connectivity index (χ0v) is 14.6. The van der Waals surface area contributed by atoms with Gasteiger partial charge in [0, 0.05) is 25.1 Å². The van der Waals surface area contributed by atoms with E-state index in [2.05, 4.69) is 5.32 Å². The summed E-state index contributed by atoms with van der Waals surface area (Å²) in [5.74, 6) is 0.584. The molecule has 0 aliphatic rings. The van der Waals surface area contributed by atoms with Crippen molar-refractivity contribution in [3.63, 3.8) is 0 Å². The van der Waals surface area contributed by atoms with E-state index in [0.29, 0.717) is 18.7 Å². The van der Waals surface area contributed by atoms with Crippen molar-refractivity contribution >= 4 is 11.8 Å².